The lowest BCUT2D eigenvalue weighted by Gasteiger charge is -2.07. The predicted molar refractivity (Wildman–Crippen MR) is 75.7 cm³/mol. The molecule has 0 amide bonds. The standard InChI is InChI=1S/C14H8BrN3/c15-9-5-6-13-12(7-9)10-3-1-2-4-11(10)14-17-16-8-18(13)14/h1-8H. The third-order valence-electron chi connectivity index (χ3n) is 3.22. The maximum atomic E-state index is 4.22. The molecule has 18 heavy (non-hydrogen) atoms. The Labute approximate surface area is 111 Å². The van der Waals surface area contributed by atoms with E-state index in [1.807, 2.05) is 16.5 Å². The summed E-state index contributed by atoms with van der Waals surface area (Å²) in [4.78, 5) is 0. The van der Waals surface area contributed by atoms with Gasteiger partial charge in [0, 0.05) is 15.2 Å². The van der Waals surface area contributed by atoms with Crippen molar-refractivity contribution in [2.75, 3.05) is 0 Å². The number of fused-ring (bicyclic) bond motifs is 6. The number of aromatic nitrogens is 3. The van der Waals surface area contributed by atoms with Crippen LogP contribution in [0.1, 0.15) is 0 Å². The molecular formula is C14H8BrN3. The maximum absolute atomic E-state index is 4.22. The lowest BCUT2D eigenvalue weighted by atomic mass is 10.1. The number of nitrogens with zero attached hydrogens (tertiary/aromatic N) is 3. The summed E-state index contributed by atoms with van der Waals surface area (Å²) >= 11 is 3.53. The van der Waals surface area contributed by atoms with Gasteiger partial charge in [-0.1, -0.05) is 40.2 Å². The first-order chi connectivity index (χ1) is 8.84. The van der Waals surface area contributed by atoms with E-state index in [-0.39, 0.29) is 0 Å². The summed E-state index contributed by atoms with van der Waals surface area (Å²) in [6.45, 7) is 0. The third kappa shape index (κ3) is 1.24. The summed E-state index contributed by atoms with van der Waals surface area (Å²) < 4.78 is 3.11. The van der Waals surface area contributed by atoms with Crippen molar-refractivity contribution >= 4 is 43.3 Å². The van der Waals surface area contributed by atoms with Crippen LogP contribution in [-0.2, 0) is 0 Å². The minimum atomic E-state index is 0.903. The Bertz CT molecular complexity index is 895. The molecule has 2 aromatic carbocycles. The summed E-state index contributed by atoms with van der Waals surface area (Å²) in [6, 6.07) is 14.5. The molecule has 4 aromatic rings. The van der Waals surface area contributed by atoms with Crippen molar-refractivity contribution in [3.8, 4) is 0 Å². The monoisotopic (exact) mass is 297 g/mol. The zero-order valence-electron chi connectivity index (χ0n) is 9.34. The van der Waals surface area contributed by atoms with Crippen LogP contribution in [0.25, 0.3) is 27.3 Å². The zero-order valence-corrected chi connectivity index (χ0v) is 10.9. The van der Waals surface area contributed by atoms with Gasteiger partial charge >= 0.3 is 0 Å². The van der Waals surface area contributed by atoms with Crippen molar-refractivity contribution < 1.29 is 0 Å². The van der Waals surface area contributed by atoms with Gasteiger partial charge in [0.15, 0.2) is 5.65 Å². The Morgan fingerprint density at radius 3 is 2.67 bits per heavy atom. The van der Waals surface area contributed by atoms with Gasteiger partial charge in [0.2, 0.25) is 0 Å². The van der Waals surface area contributed by atoms with E-state index in [0.717, 1.165) is 21.0 Å². The minimum Gasteiger partial charge on any atom is -0.281 e. The van der Waals surface area contributed by atoms with E-state index in [9.17, 15) is 0 Å². The Morgan fingerprint density at radius 2 is 1.78 bits per heavy atom. The quantitative estimate of drug-likeness (QED) is 0.462. The number of benzene rings is 2. The summed E-state index contributed by atoms with van der Waals surface area (Å²) in [7, 11) is 0. The molecule has 4 rings (SSSR count). The van der Waals surface area contributed by atoms with E-state index in [2.05, 4.69) is 56.5 Å². The molecule has 0 bridgehead atoms. The summed E-state index contributed by atoms with van der Waals surface area (Å²) in [6.07, 6.45) is 1.76. The van der Waals surface area contributed by atoms with E-state index < -0.39 is 0 Å². The molecule has 4 heteroatoms. The molecule has 2 aromatic heterocycles. The van der Waals surface area contributed by atoms with Gasteiger partial charge in [0.05, 0.1) is 5.52 Å². The Morgan fingerprint density at radius 1 is 0.944 bits per heavy atom. The average molecular weight is 298 g/mol. The first-order valence-corrected chi connectivity index (χ1v) is 6.43. The second-order valence-corrected chi connectivity index (χ2v) is 5.15. The predicted octanol–water partition coefficient (Wildman–Crippen LogP) is 3.80. The number of hydrogen-bond acceptors (Lipinski definition) is 2. The lowest BCUT2D eigenvalue weighted by Crippen LogP contribution is -1.90. The fourth-order valence-electron chi connectivity index (χ4n) is 2.44. The van der Waals surface area contributed by atoms with Crippen LogP contribution in [0, 0.1) is 0 Å². The van der Waals surface area contributed by atoms with Crippen LogP contribution >= 0.6 is 15.9 Å². The Hall–Kier alpha value is -1.94. The van der Waals surface area contributed by atoms with Crippen molar-refractivity contribution in [2.24, 2.45) is 0 Å². The Balaban J connectivity index is 2.44. The van der Waals surface area contributed by atoms with Gasteiger partial charge < -0.3 is 0 Å². The van der Waals surface area contributed by atoms with Gasteiger partial charge in [0.1, 0.15) is 6.33 Å². The molecule has 0 radical (unpaired) electrons. The molecule has 0 aliphatic rings. The van der Waals surface area contributed by atoms with Gasteiger partial charge in [-0.3, -0.25) is 4.40 Å². The van der Waals surface area contributed by atoms with Crippen LogP contribution in [0.3, 0.4) is 0 Å². The Kier molecular flexibility index (Phi) is 1.96. The molecular weight excluding hydrogens is 290 g/mol. The van der Waals surface area contributed by atoms with Crippen LogP contribution in [0.2, 0.25) is 0 Å². The van der Waals surface area contributed by atoms with Crippen LogP contribution in [0.5, 0.6) is 0 Å². The normalized spacial score (nSPS) is 11.6. The summed E-state index contributed by atoms with van der Waals surface area (Å²) in [5.41, 5.74) is 2.03. The van der Waals surface area contributed by atoms with Crippen LogP contribution in [0.15, 0.2) is 53.3 Å². The highest BCUT2D eigenvalue weighted by Crippen LogP contribution is 2.30. The molecule has 0 N–H and O–H groups in total. The fourth-order valence-corrected chi connectivity index (χ4v) is 2.80. The van der Waals surface area contributed by atoms with Crippen molar-refractivity contribution in [2.45, 2.75) is 0 Å². The first kappa shape index (κ1) is 10.0. The third-order valence-corrected chi connectivity index (χ3v) is 3.72. The number of hydrogen-bond donors (Lipinski definition) is 0. The highest BCUT2D eigenvalue weighted by atomic mass is 79.9. The van der Waals surface area contributed by atoms with Crippen LogP contribution in [-0.4, -0.2) is 14.6 Å². The van der Waals surface area contributed by atoms with E-state index in [0.29, 0.717) is 0 Å². The molecule has 0 unspecified atom stereocenters. The van der Waals surface area contributed by atoms with Crippen LogP contribution in [0.4, 0.5) is 0 Å². The summed E-state index contributed by atoms with van der Waals surface area (Å²) in [5, 5.41) is 11.8. The number of pyridine rings is 1. The van der Waals surface area contributed by atoms with E-state index in [1.54, 1.807) is 6.33 Å². The van der Waals surface area contributed by atoms with Crippen molar-refractivity contribution in [3.63, 3.8) is 0 Å². The second kappa shape index (κ2) is 3.53. The molecule has 0 fully saturated rings. The second-order valence-electron chi connectivity index (χ2n) is 4.23. The molecule has 0 spiro atoms. The molecule has 86 valence electrons. The molecule has 0 atom stereocenters. The summed E-state index contributed by atoms with van der Waals surface area (Å²) in [5.74, 6) is 0. The van der Waals surface area contributed by atoms with Gasteiger partial charge in [-0.25, -0.2) is 0 Å². The smallest absolute Gasteiger partial charge is 0.168 e. The lowest BCUT2D eigenvalue weighted by molar-refractivity contribution is 1.11. The average Bonchev–Trinajstić information content (AvgIpc) is 2.88. The molecule has 0 aliphatic heterocycles. The molecule has 0 aliphatic carbocycles. The largest absolute Gasteiger partial charge is 0.281 e. The van der Waals surface area contributed by atoms with Crippen molar-refractivity contribution in [3.05, 3.63) is 53.3 Å². The molecule has 3 nitrogen and oxygen atoms in total. The number of halogens is 1. The fraction of sp³-hybridized carbons (Fsp3) is 0. The highest BCUT2D eigenvalue weighted by Gasteiger charge is 2.09. The van der Waals surface area contributed by atoms with Gasteiger partial charge in [0.25, 0.3) is 0 Å². The van der Waals surface area contributed by atoms with Gasteiger partial charge in [-0.05, 0) is 23.6 Å². The first-order valence-electron chi connectivity index (χ1n) is 5.64. The topological polar surface area (TPSA) is 30.2 Å². The molecule has 0 saturated heterocycles. The highest BCUT2D eigenvalue weighted by molar-refractivity contribution is 9.10. The molecule has 0 saturated carbocycles. The molecule has 2 heterocycles. The van der Waals surface area contributed by atoms with Crippen molar-refractivity contribution in [1.29, 1.82) is 0 Å². The van der Waals surface area contributed by atoms with Crippen molar-refractivity contribution in [1.82, 2.24) is 14.6 Å². The SMILES string of the molecule is Brc1ccc2c(c1)c1ccccc1c1nncn21. The van der Waals surface area contributed by atoms with Gasteiger partial charge in [-0.15, -0.1) is 10.2 Å². The van der Waals surface area contributed by atoms with Crippen LogP contribution < -0.4 is 0 Å². The van der Waals surface area contributed by atoms with Gasteiger partial charge in [-0.2, -0.15) is 0 Å². The number of rotatable bonds is 0. The zero-order chi connectivity index (χ0) is 12.1. The van der Waals surface area contributed by atoms with E-state index in [1.165, 1.54) is 10.8 Å². The van der Waals surface area contributed by atoms with E-state index in [4.69, 9.17) is 0 Å². The van der Waals surface area contributed by atoms with E-state index >= 15 is 0 Å². The minimum absolute atomic E-state index is 0.903. The maximum Gasteiger partial charge on any atom is 0.168 e.